The molecule has 0 fully saturated rings. The highest BCUT2D eigenvalue weighted by Gasteiger charge is 2.15. The maximum Gasteiger partial charge on any atom is 0.262 e. The number of rotatable bonds is 7. The van der Waals surface area contributed by atoms with E-state index in [0.29, 0.717) is 22.3 Å². The number of methoxy groups -OCH3 is 2. The summed E-state index contributed by atoms with van der Waals surface area (Å²) >= 11 is 1.50. The van der Waals surface area contributed by atoms with E-state index in [1.54, 1.807) is 40.2 Å². The molecule has 0 radical (unpaired) electrons. The van der Waals surface area contributed by atoms with Crippen molar-refractivity contribution in [1.29, 1.82) is 0 Å². The number of ether oxygens (including phenoxy) is 2. The van der Waals surface area contributed by atoms with Crippen LogP contribution in [0.4, 0.5) is 5.13 Å². The fourth-order valence-electron chi connectivity index (χ4n) is 2.58. The van der Waals surface area contributed by atoms with E-state index in [9.17, 15) is 4.79 Å². The molecule has 146 valence electrons. The summed E-state index contributed by atoms with van der Waals surface area (Å²) in [7, 11) is 3.18. The lowest BCUT2D eigenvalue weighted by molar-refractivity contribution is -0.121. The second kappa shape index (κ2) is 8.71. The van der Waals surface area contributed by atoms with Gasteiger partial charge in [-0.05, 0) is 44.2 Å². The summed E-state index contributed by atoms with van der Waals surface area (Å²) in [6.45, 7) is 3.56. The Bertz CT molecular complexity index is 983. The number of benzene rings is 2. The second-order valence-corrected chi connectivity index (χ2v) is 7.12. The summed E-state index contributed by atoms with van der Waals surface area (Å²) in [6, 6.07) is 12.8. The van der Waals surface area contributed by atoms with Crippen LogP contribution in [0.15, 0.2) is 47.6 Å². The summed E-state index contributed by atoms with van der Waals surface area (Å²) < 4.78 is 11.7. The third-order valence-corrected chi connectivity index (χ3v) is 5.13. The van der Waals surface area contributed by atoms with Gasteiger partial charge < -0.3 is 14.8 Å². The van der Waals surface area contributed by atoms with Gasteiger partial charge in [-0.3, -0.25) is 4.79 Å². The molecule has 2 aromatic carbocycles. The third-order valence-electron chi connectivity index (χ3n) is 4.16. The van der Waals surface area contributed by atoms with Crippen molar-refractivity contribution in [2.75, 3.05) is 19.5 Å². The molecule has 0 saturated heterocycles. The number of nitrogens with zero attached hydrogens (tertiary/aromatic N) is 2. The van der Waals surface area contributed by atoms with Crippen LogP contribution in [0.1, 0.15) is 19.4 Å². The largest absolute Gasteiger partial charge is 0.497 e. The van der Waals surface area contributed by atoms with Gasteiger partial charge in [0.1, 0.15) is 17.5 Å². The minimum Gasteiger partial charge on any atom is -0.497 e. The van der Waals surface area contributed by atoms with Crippen molar-refractivity contribution < 1.29 is 14.3 Å². The number of hydrogen-bond donors (Lipinski definition) is 2. The number of carbonyl (C=O) groups excluding carboxylic acids is 1. The third kappa shape index (κ3) is 4.40. The van der Waals surface area contributed by atoms with Crippen molar-refractivity contribution in [3.05, 3.63) is 48.0 Å². The molecule has 3 rings (SSSR count). The Kier molecular flexibility index (Phi) is 6.10. The number of hydrogen-bond acceptors (Lipinski definition) is 7. The second-order valence-electron chi connectivity index (χ2n) is 6.09. The zero-order chi connectivity index (χ0) is 20.1. The van der Waals surface area contributed by atoms with Crippen molar-refractivity contribution >= 4 is 38.3 Å². The molecule has 0 unspecified atom stereocenters. The Morgan fingerprint density at radius 1 is 1.18 bits per heavy atom. The van der Waals surface area contributed by atoms with E-state index in [1.165, 1.54) is 11.3 Å². The summed E-state index contributed by atoms with van der Waals surface area (Å²) in [5.41, 5.74) is 4.85. The molecule has 0 spiro atoms. The molecule has 0 aliphatic carbocycles. The molecule has 1 amide bonds. The topological polar surface area (TPSA) is 84.8 Å². The first-order valence-corrected chi connectivity index (χ1v) is 9.52. The maximum absolute atomic E-state index is 12.4. The van der Waals surface area contributed by atoms with E-state index in [4.69, 9.17) is 9.47 Å². The van der Waals surface area contributed by atoms with Gasteiger partial charge in [0, 0.05) is 5.56 Å². The Morgan fingerprint density at radius 3 is 2.68 bits per heavy atom. The van der Waals surface area contributed by atoms with Crippen LogP contribution in [0.2, 0.25) is 0 Å². The van der Waals surface area contributed by atoms with Crippen LogP contribution >= 0.6 is 11.3 Å². The van der Waals surface area contributed by atoms with Crippen LogP contribution < -0.4 is 20.2 Å². The number of hydrazone groups is 1. The van der Waals surface area contributed by atoms with E-state index in [2.05, 4.69) is 20.8 Å². The molecule has 7 nitrogen and oxygen atoms in total. The summed E-state index contributed by atoms with van der Waals surface area (Å²) in [5.74, 6) is 1.07. The van der Waals surface area contributed by atoms with Crippen molar-refractivity contribution in [3.63, 3.8) is 0 Å². The van der Waals surface area contributed by atoms with E-state index < -0.39 is 6.04 Å². The number of nitrogens with one attached hydrogen (secondary N) is 2. The van der Waals surface area contributed by atoms with E-state index in [1.807, 2.05) is 30.3 Å². The smallest absolute Gasteiger partial charge is 0.262 e. The Labute approximate surface area is 167 Å². The van der Waals surface area contributed by atoms with Crippen molar-refractivity contribution in [2.24, 2.45) is 5.10 Å². The molecule has 0 bridgehead atoms. The van der Waals surface area contributed by atoms with Gasteiger partial charge in [-0.2, -0.15) is 5.10 Å². The first-order chi connectivity index (χ1) is 13.5. The molecule has 0 aliphatic rings. The normalized spacial score (nSPS) is 12.5. The molecule has 3 aromatic rings. The highest BCUT2D eigenvalue weighted by atomic mass is 32.1. The van der Waals surface area contributed by atoms with Gasteiger partial charge in [0.15, 0.2) is 5.13 Å². The summed E-state index contributed by atoms with van der Waals surface area (Å²) in [5, 5.41) is 8.02. The molecule has 0 saturated carbocycles. The SMILES string of the molecule is COc1ccc(OC)c(/C(C)=N\NC(=O)[C@@H](C)Nc2nc3ccccc3s2)c1. The monoisotopic (exact) mass is 398 g/mol. The Morgan fingerprint density at radius 2 is 1.96 bits per heavy atom. The lowest BCUT2D eigenvalue weighted by Crippen LogP contribution is -2.35. The lowest BCUT2D eigenvalue weighted by atomic mass is 10.1. The first-order valence-electron chi connectivity index (χ1n) is 8.70. The minimum atomic E-state index is -0.496. The summed E-state index contributed by atoms with van der Waals surface area (Å²) in [4.78, 5) is 16.9. The average Bonchev–Trinajstić information content (AvgIpc) is 3.13. The Hall–Kier alpha value is -3.13. The van der Waals surface area contributed by atoms with Gasteiger partial charge in [-0.25, -0.2) is 10.4 Å². The van der Waals surface area contributed by atoms with Crippen LogP contribution in [0.5, 0.6) is 11.5 Å². The van der Waals surface area contributed by atoms with Crippen molar-refractivity contribution in [2.45, 2.75) is 19.9 Å². The Balaban J connectivity index is 1.68. The minimum absolute atomic E-state index is 0.263. The van der Waals surface area contributed by atoms with E-state index in [-0.39, 0.29) is 5.91 Å². The van der Waals surface area contributed by atoms with Crippen molar-refractivity contribution in [3.8, 4) is 11.5 Å². The average molecular weight is 398 g/mol. The fraction of sp³-hybridized carbons (Fsp3) is 0.250. The fourth-order valence-corrected chi connectivity index (χ4v) is 3.53. The lowest BCUT2D eigenvalue weighted by Gasteiger charge is -2.12. The van der Waals surface area contributed by atoms with Crippen LogP contribution in [0, 0.1) is 0 Å². The standard InChI is InChI=1S/C20H22N4O3S/c1-12(15-11-14(26-3)9-10-17(15)27-4)23-24-19(25)13(2)21-20-22-16-7-5-6-8-18(16)28-20/h5-11,13H,1-4H3,(H,21,22)(H,24,25)/b23-12-/t13-/m1/s1. The predicted molar refractivity (Wildman–Crippen MR) is 113 cm³/mol. The zero-order valence-electron chi connectivity index (χ0n) is 16.1. The molecule has 2 N–H and O–H groups in total. The molecule has 1 aromatic heterocycles. The number of para-hydroxylation sites is 1. The quantitative estimate of drug-likeness (QED) is 0.469. The number of anilines is 1. The molecule has 1 heterocycles. The molecule has 0 aliphatic heterocycles. The molecular weight excluding hydrogens is 376 g/mol. The molecular formula is C20H22N4O3S. The van der Waals surface area contributed by atoms with E-state index >= 15 is 0 Å². The zero-order valence-corrected chi connectivity index (χ0v) is 17.0. The number of amides is 1. The van der Waals surface area contributed by atoms with Crippen LogP contribution in [0.3, 0.4) is 0 Å². The number of aromatic nitrogens is 1. The molecule has 1 atom stereocenters. The predicted octanol–water partition coefficient (Wildman–Crippen LogP) is 3.65. The van der Waals surface area contributed by atoms with Crippen LogP contribution in [-0.2, 0) is 4.79 Å². The van der Waals surface area contributed by atoms with Crippen LogP contribution in [0.25, 0.3) is 10.2 Å². The van der Waals surface area contributed by atoms with Gasteiger partial charge in [0.05, 0.1) is 30.1 Å². The number of fused-ring (bicyclic) bond motifs is 1. The number of carbonyl (C=O) groups is 1. The highest BCUT2D eigenvalue weighted by molar-refractivity contribution is 7.22. The summed E-state index contributed by atoms with van der Waals surface area (Å²) in [6.07, 6.45) is 0. The van der Waals surface area contributed by atoms with Gasteiger partial charge >= 0.3 is 0 Å². The first kappa shape index (κ1) is 19.6. The van der Waals surface area contributed by atoms with Gasteiger partial charge in [-0.15, -0.1) is 0 Å². The van der Waals surface area contributed by atoms with Gasteiger partial charge in [0.25, 0.3) is 5.91 Å². The van der Waals surface area contributed by atoms with Gasteiger partial charge in [0.2, 0.25) is 0 Å². The van der Waals surface area contributed by atoms with Gasteiger partial charge in [-0.1, -0.05) is 23.5 Å². The molecule has 8 heteroatoms. The molecule has 28 heavy (non-hydrogen) atoms. The van der Waals surface area contributed by atoms with Crippen molar-refractivity contribution in [1.82, 2.24) is 10.4 Å². The van der Waals surface area contributed by atoms with Crippen LogP contribution in [-0.4, -0.2) is 36.9 Å². The number of thiazole rings is 1. The highest BCUT2D eigenvalue weighted by Crippen LogP contribution is 2.26. The van der Waals surface area contributed by atoms with E-state index in [0.717, 1.165) is 15.8 Å². The maximum atomic E-state index is 12.4.